The Labute approximate surface area is 164 Å². The van der Waals surface area contributed by atoms with Crippen LogP contribution in [0.25, 0.3) is 17.1 Å². The molecule has 0 saturated carbocycles. The van der Waals surface area contributed by atoms with Crippen LogP contribution < -0.4 is 5.32 Å². The van der Waals surface area contributed by atoms with E-state index in [0.29, 0.717) is 35.6 Å². The van der Waals surface area contributed by atoms with Crippen LogP contribution in [0.1, 0.15) is 34.3 Å². The van der Waals surface area contributed by atoms with Crippen molar-refractivity contribution in [1.29, 1.82) is 0 Å². The molecule has 1 aromatic carbocycles. The summed E-state index contributed by atoms with van der Waals surface area (Å²) in [5.41, 5.74) is 4.03. The van der Waals surface area contributed by atoms with Gasteiger partial charge in [-0.3, -0.25) is 19.7 Å². The van der Waals surface area contributed by atoms with Gasteiger partial charge in [-0.15, -0.1) is 5.10 Å². The van der Waals surface area contributed by atoms with Gasteiger partial charge in [-0.25, -0.2) is 4.68 Å². The molecule has 1 unspecified atom stereocenters. The number of carbonyl (C=O) groups is 3. The van der Waals surface area contributed by atoms with E-state index in [1.54, 1.807) is 16.9 Å². The van der Waals surface area contributed by atoms with Gasteiger partial charge in [0.1, 0.15) is 23.7 Å². The lowest BCUT2D eigenvalue weighted by molar-refractivity contribution is -0.136. The van der Waals surface area contributed by atoms with Crippen molar-refractivity contribution < 1.29 is 18.9 Å². The third-order valence-electron chi connectivity index (χ3n) is 5.26. The maximum atomic E-state index is 12.9. The SMILES string of the molecule is Cc1conc1-c1cn(-c2ccc3c(c2)C(=O)N(C2CCC(=O)NC2=O)C3)nn1. The minimum atomic E-state index is -0.635. The average molecular weight is 392 g/mol. The number of amides is 3. The van der Waals surface area contributed by atoms with E-state index >= 15 is 0 Å². The predicted octanol–water partition coefficient (Wildman–Crippen LogP) is 0.992. The molecule has 146 valence electrons. The van der Waals surface area contributed by atoms with Crippen LogP contribution in [0.4, 0.5) is 0 Å². The van der Waals surface area contributed by atoms with Crippen LogP contribution in [-0.2, 0) is 16.1 Å². The Bertz CT molecular complexity index is 1160. The highest BCUT2D eigenvalue weighted by Gasteiger charge is 2.39. The largest absolute Gasteiger partial charge is 0.364 e. The van der Waals surface area contributed by atoms with E-state index in [1.807, 2.05) is 19.1 Å². The topological polar surface area (TPSA) is 123 Å². The number of nitrogens with one attached hydrogen (secondary N) is 1. The van der Waals surface area contributed by atoms with Gasteiger partial charge in [0.2, 0.25) is 11.8 Å². The summed E-state index contributed by atoms with van der Waals surface area (Å²) in [7, 11) is 0. The lowest BCUT2D eigenvalue weighted by Gasteiger charge is -2.29. The van der Waals surface area contributed by atoms with Crippen LogP contribution >= 0.6 is 0 Å². The molecule has 2 aliphatic heterocycles. The molecule has 0 radical (unpaired) electrons. The van der Waals surface area contributed by atoms with Crippen molar-refractivity contribution in [1.82, 2.24) is 30.4 Å². The van der Waals surface area contributed by atoms with Gasteiger partial charge in [0.15, 0.2) is 0 Å². The molecule has 3 amide bonds. The zero-order valence-electron chi connectivity index (χ0n) is 15.5. The Morgan fingerprint density at radius 3 is 2.86 bits per heavy atom. The summed E-state index contributed by atoms with van der Waals surface area (Å²) in [5.74, 6) is -0.961. The maximum absolute atomic E-state index is 12.9. The highest BCUT2D eigenvalue weighted by molar-refractivity contribution is 6.05. The first kappa shape index (κ1) is 17.3. The fourth-order valence-corrected chi connectivity index (χ4v) is 3.72. The Hall–Kier alpha value is -3.82. The van der Waals surface area contributed by atoms with Crippen molar-refractivity contribution in [3.8, 4) is 17.1 Å². The second-order valence-electron chi connectivity index (χ2n) is 7.14. The molecule has 3 aromatic rings. The minimum absolute atomic E-state index is 0.227. The molecule has 10 nitrogen and oxygen atoms in total. The molecule has 5 rings (SSSR count). The molecule has 29 heavy (non-hydrogen) atoms. The van der Waals surface area contributed by atoms with Crippen molar-refractivity contribution >= 4 is 17.7 Å². The van der Waals surface area contributed by atoms with E-state index in [9.17, 15) is 14.4 Å². The van der Waals surface area contributed by atoms with Crippen molar-refractivity contribution in [2.45, 2.75) is 32.4 Å². The predicted molar refractivity (Wildman–Crippen MR) is 97.6 cm³/mol. The maximum Gasteiger partial charge on any atom is 0.255 e. The standard InChI is InChI=1S/C19H16N6O4/c1-10-9-29-22-17(10)14-8-25(23-21-14)12-3-2-11-7-24(19(28)13(11)6-12)15-4-5-16(26)20-18(15)27/h2-3,6,8-9,15H,4-5,7H2,1H3,(H,20,26,27). The fourth-order valence-electron chi connectivity index (χ4n) is 3.72. The number of hydrogen-bond acceptors (Lipinski definition) is 7. The van der Waals surface area contributed by atoms with E-state index in [-0.39, 0.29) is 18.2 Å². The fraction of sp³-hybridized carbons (Fsp3) is 0.263. The number of rotatable bonds is 3. The smallest absolute Gasteiger partial charge is 0.255 e. The summed E-state index contributed by atoms with van der Waals surface area (Å²) in [6, 6.07) is 4.78. The van der Waals surface area contributed by atoms with Crippen molar-refractivity contribution in [3.63, 3.8) is 0 Å². The van der Waals surface area contributed by atoms with Gasteiger partial charge in [-0.1, -0.05) is 16.4 Å². The van der Waals surface area contributed by atoms with Crippen LogP contribution in [0.2, 0.25) is 0 Å². The zero-order chi connectivity index (χ0) is 20.1. The highest BCUT2D eigenvalue weighted by atomic mass is 16.5. The van der Waals surface area contributed by atoms with Gasteiger partial charge >= 0.3 is 0 Å². The number of aryl methyl sites for hydroxylation is 1. The molecule has 0 bridgehead atoms. The Kier molecular flexibility index (Phi) is 3.79. The van der Waals surface area contributed by atoms with Crippen LogP contribution in [-0.4, -0.2) is 48.8 Å². The lowest BCUT2D eigenvalue weighted by atomic mass is 10.0. The van der Waals surface area contributed by atoms with Gasteiger partial charge in [0.05, 0.1) is 11.9 Å². The first-order valence-corrected chi connectivity index (χ1v) is 9.13. The number of aromatic nitrogens is 4. The van der Waals surface area contributed by atoms with E-state index in [0.717, 1.165) is 11.1 Å². The molecule has 0 aliphatic carbocycles. The Balaban J connectivity index is 1.42. The van der Waals surface area contributed by atoms with Crippen LogP contribution in [0, 0.1) is 6.92 Å². The quantitative estimate of drug-likeness (QED) is 0.659. The second-order valence-corrected chi connectivity index (χ2v) is 7.14. The first-order chi connectivity index (χ1) is 14.0. The number of carbonyl (C=O) groups excluding carboxylic acids is 3. The number of hydrogen-bond donors (Lipinski definition) is 1. The highest BCUT2D eigenvalue weighted by Crippen LogP contribution is 2.29. The van der Waals surface area contributed by atoms with E-state index < -0.39 is 11.9 Å². The van der Waals surface area contributed by atoms with Crippen molar-refractivity contribution in [3.05, 3.63) is 47.3 Å². The molecular formula is C19H16N6O4. The molecule has 2 aliphatic rings. The number of piperidine rings is 1. The molecule has 4 heterocycles. The third-order valence-corrected chi connectivity index (χ3v) is 5.26. The Morgan fingerprint density at radius 2 is 2.10 bits per heavy atom. The van der Waals surface area contributed by atoms with Crippen LogP contribution in [0.5, 0.6) is 0 Å². The van der Waals surface area contributed by atoms with Crippen molar-refractivity contribution in [2.24, 2.45) is 0 Å². The normalized spacial score (nSPS) is 18.9. The second kappa shape index (κ2) is 6.36. The number of nitrogens with zero attached hydrogens (tertiary/aromatic N) is 5. The molecular weight excluding hydrogens is 376 g/mol. The molecule has 1 saturated heterocycles. The Morgan fingerprint density at radius 1 is 1.24 bits per heavy atom. The molecule has 2 aromatic heterocycles. The first-order valence-electron chi connectivity index (χ1n) is 9.13. The molecule has 1 atom stereocenters. The van der Waals surface area contributed by atoms with Gasteiger partial charge in [0, 0.05) is 24.1 Å². The van der Waals surface area contributed by atoms with Gasteiger partial charge in [-0.2, -0.15) is 0 Å². The summed E-state index contributed by atoms with van der Waals surface area (Å²) in [6.07, 6.45) is 3.81. The van der Waals surface area contributed by atoms with Gasteiger partial charge in [-0.05, 0) is 31.0 Å². The van der Waals surface area contributed by atoms with Crippen LogP contribution in [0.15, 0.2) is 35.2 Å². The summed E-state index contributed by atoms with van der Waals surface area (Å²) >= 11 is 0. The van der Waals surface area contributed by atoms with E-state index in [1.165, 1.54) is 11.2 Å². The number of imide groups is 1. The van der Waals surface area contributed by atoms with E-state index in [2.05, 4.69) is 20.8 Å². The average Bonchev–Trinajstić information content (AvgIpc) is 3.41. The van der Waals surface area contributed by atoms with Gasteiger partial charge in [0.25, 0.3) is 5.91 Å². The summed E-state index contributed by atoms with van der Waals surface area (Å²) in [6.45, 7) is 2.20. The van der Waals surface area contributed by atoms with Crippen LogP contribution in [0.3, 0.4) is 0 Å². The van der Waals surface area contributed by atoms with Gasteiger partial charge < -0.3 is 9.42 Å². The molecule has 0 spiro atoms. The number of fused-ring (bicyclic) bond motifs is 1. The monoisotopic (exact) mass is 392 g/mol. The molecule has 1 fully saturated rings. The summed E-state index contributed by atoms with van der Waals surface area (Å²) < 4.78 is 6.50. The molecule has 1 N–H and O–H groups in total. The minimum Gasteiger partial charge on any atom is -0.364 e. The summed E-state index contributed by atoms with van der Waals surface area (Å²) in [5, 5.41) is 14.5. The number of benzene rings is 1. The third kappa shape index (κ3) is 2.80. The zero-order valence-corrected chi connectivity index (χ0v) is 15.5. The summed E-state index contributed by atoms with van der Waals surface area (Å²) in [4.78, 5) is 38.0. The van der Waals surface area contributed by atoms with Crippen molar-refractivity contribution in [2.75, 3.05) is 0 Å². The molecule has 10 heteroatoms. The van der Waals surface area contributed by atoms with E-state index in [4.69, 9.17) is 4.52 Å². The lowest BCUT2D eigenvalue weighted by Crippen LogP contribution is -2.52.